The molecule has 2 amide bonds. The summed E-state index contributed by atoms with van der Waals surface area (Å²) in [5.74, 6) is -2.50. The number of Topliss-reactive ketones (excluding diaryl/α,β-unsaturated/α-hetero) is 1. The van der Waals surface area contributed by atoms with Crippen molar-refractivity contribution < 1.29 is 44.1 Å². The number of terminal acetylenes is 1. The molecule has 1 aromatic heterocycles. The van der Waals surface area contributed by atoms with Gasteiger partial charge < -0.3 is 40.6 Å². The summed E-state index contributed by atoms with van der Waals surface area (Å²) < 4.78 is 0. The molecule has 0 saturated heterocycles. The van der Waals surface area contributed by atoms with Gasteiger partial charge in [-0.2, -0.15) is 0 Å². The monoisotopic (exact) mass is 747 g/mol. The molecule has 0 aliphatic heterocycles. The Kier molecular flexibility index (Phi) is 13.6. The number of anilines is 1. The fraction of sp³-hybridized carbons (Fsp3) is 0.432. The minimum absolute atomic E-state index is 0.0889. The first-order chi connectivity index (χ1) is 25.1. The van der Waals surface area contributed by atoms with E-state index in [-0.39, 0.29) is 67.7 Å². The second kappa shape index (κ2) is 17.9. The number of ketones is 1. The Morgan fingerprint density at radius 3 is 2.42 bits per heavy atom. The summed E-state index contributed by atoms with van der Waals surface area (Å²) >= 11 is 0. The van der Waals surface area contributed by atoms with Crippen molar-refractivity contribution >= 4 is 54.4 Å². The van der Waals surface area contributed by atoms with Gasteiger partial charge in [-0.3, -0.25) is 24.0 Å². The molecule has 0 fully saturated rings. The molecule has 282 valence electrons. The third kappa shape index (κ3) is 11.1. The number of aryl methyl sites for hydroxylation is 1. The quantitative estimate of drug-likeness (QED) is 0.0691. The zero-order valence-electron chi connectivity index (χ0n) is 29.7. The lowest BCUT2D eigenvalue weighted by Gasteiger charge is -2.30. The molecule has 0 unspecified atom stereocenters. The van der Waals surface area contributed by atoms with Crippen molar-refractivity contribution in [3.63, 3.8) is 0 Å². The summed E-state index contributed by atoms with van der Waals surface area (Å²) in [4.78, 5) is 93.1. The highest BCUT2D eigenvalue weighted by Gasteiger charge is 2.30. The Labute approximate surface area is 307 Å². The van der Waals surface area contributed by atoms with E-state index in [2.05, 4.69) is 26.5 Å². The lowest BCUT2D eigenvalue weighted by atomic mass is 9.94. The number of amides is 2. The van der Waals surface area contributed by atoms with E-state index in [0.717, 1.165) is 11.1 Å². The molecule has 53 heavy (non-hydrogen) atoms. The second-order valence-corrected chi connectivity index (χ2v) is 17.9. The Morgan fingerprint density at radius 1 is 1.08 bits per heavy atom. The Hall–Kier alpha value is -5.37. The highest BCUT2D eigenvalue weighted by Crippen LogP contribution is 2.39. The van der Waals surface area contributed by atoms with Gasteiger partial charge in [0.1, 0.15) is 24.3 Å². The average Bonchev–Trinajstić information content (AvgIpc) is 3.51. The summed E-state index contributed by atoms with van der Waals surface area (Å²) in [6.07, 6.45) is 5.97. The van der Waals surface area contributed by atoms with Gasteiger partial charge in [0.05, 0.1) is 29.4 Å². The molecule has 2 aromatic carbocycles. The number of benzene rings is 2. The summed E-state index contributed by atoms with van der Waals surface area (Å²) in [7, 11) is -2.34. The van der Waals surface area contributed by atoms with Gasteiger partial charge >= 0.3 is 11.9 Å². The van der Waals surface area contributed by atoms with Crippen LogP contribution in [0.3, 0.4) is 0 Å². The van der Waals surface area contributed by atoms with Crippen LogP contribution in [-0.4, -0.2) is 87.1 Å². The maximum absolute atomic E-state index is 13.1. The van der Waals surface area contributed by atoms with Crippen LogP contribution in [0.4, 0.5) is 5.69 Å². The van der Waals surface area contributed by atoms with Crippen LogP contribution < -0.4 is 21.1 Å². The zero-order valence-corrected chi connectivity index (χ0v) is 30.7. The first-order valence-electron chi connectivity index (χ1n) is 17.3. The molecule has 0 saturated carbocycles. The summed E-state index contributed by atoms with van der Waals surface area (Å²) in [5.41, 5.74) is 2.90. The molecule has 1 heterocycles. The van der Waals surface area contributed by atoms with Crippen molar-refractivity contribution in [2.24, 2.45) is 5.92 Å². The van der Waals surface area contributed by atoms with Crippen molar-refractivity contribution in [2.75, 3.05) is 18.0 Å². The van der Waals surface area contributed by atoms with Crippen molar-refractivity contribution in [1.29, 1.82) is 0 Å². The number of aromatic nitrogens is 2. The first-order valence-corrected chi connectivity index (χ1v) is 20.5. The van der Waals surface area contributed by atoms with Gasteiger partial charge in [0.15, 0.2) is 8.32 Å². The first kappa shape index (κ1) is 40.4. The van der Waals surface area contributed by atoms with Crippen LogP contribution in [0, 0.1) is 18.3 Å². The van der Waals surface area contributed by atoms with E-state index in [1.54, 1.807) is 31.3 Å². The van der Waals surface area contributed by atoms with Gasteiger partial charge in [0.25, 0.3) is 11.5 Å². The number of rotatable bonds is 19. The number of carbonyl (C=O) groups excluding carboxylic acids is 3. The Bertz CT molecular complexity index is 1950. The third-order valence-corrected chi connectivity index (χ3v) is 10.7. The number of aliphatic hydroxyl groups is 1. The molecule has 0 spiro atoms. The fourth-order valence-electron chi connectivity index (χ4n) is 6.35. The molecule has 3 atom stereocenters. The number of carbonyl (C=O) groups is 5. The third-order valence-electron chi connectivity index (χ3n) is 9.23. The summed E-state index contributed by atoms with van der Waals surface area (Å²) in [5, 5.41) is 34.2. The number of hydrogen-bond donors (Lipinski definition) is 7. The average molecular weight is 748 g/mol. The van der Waals surface area contributed by atoms with Crippen LogP contribution in [-0.2, 0) is 32.2 Å². The highest BCUT2D eigenvalue weighted by atomic mass is 28.4. The molecule has 4 rings (SSSR count). The Balaban J connectivity index is 1.36. The summed E-state index contributed by atoms with van der Waals surface area (Å²) in [6.45, 7) is 3.57. The minimum atomic E-state index is -2.34. The van der Waals surface area contributed by atoms with E-state index in [1.165, 1.54) is 12.1 Å². The van der Waals surface area contributed by atoms with Crippen LogP contribution in [0.5, 0.6) is 0 Å². The molecule has 1 aliphatic rings. The Morgan fingerprint density at radius 2 is 1.79 bits per heavy atom. The van der Waals surface area contributed by atoms with E-state index >= 15 is 0 Å². The maximum atomic E-state index is 13.1. The van der Waals surface area contributed by atoms with Crippen molar-refractivity contribution in [2.45, 2.75) is 82.8 Å². The van der Waals surface area contributed by atoms with Gasteiger partial charge in [-0.15, -0.1) is 6.42 Å². The summed E-state index contributed by atoms with van der Waals surface area (Å²) in [6, 6.07) is 8.92. The molecule has 15 nitrogen and oxygen atoms in total. The van der Waals surface area contributed by atoms with Crippen molar-refractivity contribution in [3.8, 4) is 12.3 Å². The number of hydrogen-bond acceptors (Lipinski definition) is 10. The number of carboxylic acids is 2. The fourth-order valence-corrected chi connectivity index (χ4v) is 7.08. The largest absolute Gasteiger partial charge is 0.481 e. The van der Waals surface area contributed by atoms with Crippen LogP contribution in [0.15, 0.2) is 41.2 Å². The van der Waals surface area contributed by atoms with E-state index in [9.17, 15) is 48.9 Å². The number of fused-ring (bicyclic) bond motifs is 2. The predicted octanol–water partition coefficient (Wildman–Crippen LogP) is 2.26. The van der Waals surface area contributed by atoms with E-state index in [4.69, 9.17) is 6.42 Å². The number of H-pyrrole nitrogens is 1. The van der Waals surface area contributed by atoms with Gasteiger partial charge in [0.2, 0.25) is 5.91 Å². The van der Waals surface area contributed by atoms with Crippen LogP contribution in [0.2, 0.25) is 19.1 Å². The molecular formula is C37H45N5O10Si. The zero-order chi connectivity index (χ0) is 38.9. The molecular weight excluding hydrogens is 703 g/mol. The smallest absolute Gasteiger partial charge is 0.326 e. The van der Waals surface area contributed by atoms with Crippen LogP contribution >= 0.6 is 0 Å². The second-order valence-electron chi connectivity index (χ2n) is 13.8. The number of aliphatic hydroxyl groups excluding tert-OH is 1. The lowest BCUT2D eigenvalue weighted by molar-refractivity contribution is -0.144. The number of carboxylic acid groups (broad SMARTS) is 2. The molecule has 0 bridgehead atoms. The SMILES string of the molecule is C#CCN(c1ccc(C(=O)N[C@@H](CCC(=O)C[C@H](CCC(=O)NCC[Si](C)(C)O)C(=O)O)C(=O)O)cc1)[C@H]1CCc2cc3nc(CO)[nH]c(=O)c3cc21. The highest BCUT2D eigenvalue weighted by molar-refractivity contribution is 6.69. The molecule has 1 aliphatic carbocycles. The predicted molar refractivity (Wildman–Crippen MR) is 198 cm³/mol. The maximum Gasteiger partial charge on any atom is 0.326 e. The number of aliphatic carboxylic acids is 2. The molecule has 16 heteroatoms. The minimum Gasteiger partial charge on any atom is -0.481 e. The van der Waals surface area contributed by atoms with Gasteiger partial charge in [-0.05, 0) is 92.3 Å². The molecule has 3 aromatic rings. The number of aromatic amines is 1. The van der Waals surface area contributed by atoms with E-state index in [1.807, 2.05) is 11.0 Å². The van der Waals surface area contributed by atoms with E-state index in [0.29, 0.717) is 35.5 Å². The van der Waals surface area contributed by atoms with Crippen LogP contribution in [0.25, 0.3) is 10.9 Å². The lowest BCUT2D eigenvalue weighted by Crippen LogP contribution is -2.41. The number of nitrogens with one attached hydrogen (secondary N) is 3. The van der Waals surface area contributed by atoms with Gasteiger partial charge in [0, 0.05) is 37.1 Å². The van der Waals surface area contributed by atoms with Gasteiger partial charge in [-0.25, -0.2) is 9.78 Å². The van der Waals surface area contributed by atoms with Crippen molar-refractivity contribution in [3.05, 3.63) is 69.3 Å². The molecule has 0 radical (unpaired) electrons. The van der Waals surface area contributed by atoms with Crippen LogP contribution in [0.1, 0.15) is 71.9 Å². The van der Waals surface area contributed by atoms with Gasteiger partial charge in [-0.1, -0.05) is 5.92 Å². The number of nitrogens with zero attached hydrogens (tertiary/aromatic N) is 2. The molecule has 7 N–H and O–H groups in total. The standard InChI is InChI=1S/C37H45N5O10Si/c1-4-16-42(31-13-7-23-19-30-28(20-27(23)31)35(47)41-32(21-43)39-30)25-9-5-22(6-10-25)34(46)40-29(37(50)51)12-11-26(44)18-24(36(48)49)8-14-33(45)38-15-17-53(2,3)52/h1,5-6,9-10,19-20,24,29,31,43,52H,7-8,11-18,21H2,2-3H3,(H,38,45)(H,40,46)(H,48,49)(H,50,51)(H,39,41,47)/t24-,29-,31-/m0/s1. The topological polar surface area (TPSA) is 239 Å². The van der Waals surface area contributed by atoms with E-state index < -0.39 is 56.9 Å². The normalized spacial score (nSPS) is 14.8. The van der Waals surface area contributed by atoms with Crippen molar-refractivity contribution in [1.82, 2.24) is 20.6 Å².